The molecular formula is C13H13N5O4S. The molecule has 10 heteroatoms. The van der Waals surface area contributed by atoms with Crippen molar-refractivity contribution in [3.05, 3.63) is 35.7 Å². The quantitative estimate of drug-likeness (QED) is 0.452. The Morgan fingerprint density at radius 3 is 2.96 bits per heavy atom. The van der Waals surface area contributed by atoms with E-state index in [1.807, 2.05) is 0 Å². The number of amidine groups is 1. The number of carbonyl (C=O) groups is 3. The molecule has 2 heterocycles. The molecule has 2 rings (SSSR count). The van der Waals surface area contributed by atoms with Crippen LogP contribution in [0, 0.1) is 0 Å². The third-order valence-electron chi connectivity index (χ3n) is 2.72. The minimum Gasteiger partial charge on any atom is -0.466 e. The van der Waals surface area contributed by atoms with Crippen LogP contribution in [0.5, 0.6) is 0 Å². The number of methoxy groups -OCH3 is 1. The van der Waals surface area contributed by atoms with Crippen molar-refractivity contribution in [3.8, 4) is 0 Å². The molecule has 1 saturated heterocycles. The van der Waals surface area contributed by atoms with Crippen molar-refractivity contribution >= 4 is 40.5 Å². The summed E-state index contributed by atoms with van der Waals surface area (Å²) in [5.74, 6) is -1.74. The van der Waals surface area contributed by atoms with E-state index >= 15 is 0 Å². The van der Waals surface area contributed by atoms with E-state index in [9.17, 15) is 14.4 Å². The van der Waals surface area contributed by atoms with E-state index in [2.05, 4.69) is 26.3 Å². The Hall–Kier alpha value is -2.88. The number of primary amides is 1. The van der Waals surface area contributed by atoms with E-state index < -0.39 is 17.8 Å². The van der Waals surface area contributed by atoms with Crippen LogP contribution in [-0.4, -0.2) is 51.5 Å². The summed E-state index contributed by atoms with van der Waals surface area (Å²) in [6, 6.07) is 0. The molecule has 1 aliphatic heterocycles. The molecule has 0 unspecified atom stereocenters. The smallest absolute Gasteiger partial charge is 0.331 e. The minimum absolute atomic E-state index is 0.0227. The fourth-order valence-corrected chi connectivity index (χ4v) is 2.64. The number of ether oxygens (including phenoxy) is 1. The number of aromatic nitrogens is 2. The fourth-order valence-electron chi connectivity index (χ4n) is 1.69. The lowest BCUT2D eigenvalue weighted by Gasteiger charge is -2.12. The number of aromatic amines is 1. The number of hydrogen-bond donors (Lipinski definition) is 2. The summed E-state index contributed by atoms with van der Waals surface area (Å²) in [4.78, 5) is 47.0. The molecule has 0 atom stereocenters. The summed E-state index contributed by atoms with van der Waals surface area (Å²) in [6.45, 7) is 3.75. The van der Waals surface area contributed by atoms with Gasteiger partial charge in [0.25, 0.3) is 11.8 Å². The van der Waals surface area contributed by atoms with Crippen molar-refractivity contribution in [2.45, 2.75) is 0 Å². The summed E-state index contributed by atoms with van der Waals surface area (Å²) in [6.07, 6.45) is 3.85. The molecule has 120 valence electrons. The number of H-pyrrole nitrogens is 1. The van der Waals surface area contributed by atoms with Gasteiger partial charge in [-0.15, -0.1) is 6.58 Å². The monoisotopic (exact) mass is 335 g/mol. The molecule has 1 aromatic heterocycles. The Balaban J connectivity index is 2.41. The maximum atomic E-state index is 12.3. The highest BCUT2D eigenvalue weighted by molar-refractivity contribution is 8.18. The predicted octanol–water partition coefficient (Wildman–Crippen LogP) is 0.314. The molecule has 9 nitrogen and oxygen atoms in total. The lowest BCUT2D eigenvalue weighted by molar-refractivity contribution is -0.135. The van der Waals surface area contributed by atoms with E-state index in [0.717, 1.165) is 17.8 Å². The highest BCUT2D eigenvalue weighted by atomic mass is 32.2. The molecule has 23 heavy (non-hydrogen) atoms. The van der Waals surface area contributed by atoms with Gasteiger partial charge >= 0.3 is 5.97 Å². The van der Waals surface area contributed by atoms with Gasteiger partial charge in [-0.25, -0.2) is 14.8 Å². The largest absolute Gasteiger partial charge is 0.466 e. The lowest BCUT2D eigenvalue weighted by Crippen LogP contribution is -2.29. The highest BCUT2D eigenvalue weighted by Crippen LogP contribution is 2.32. The number of nitrogens with one attached hydrogen (secondary N) is 1. The second kappa shape index (κ2) is 6.92. The number of amides is 2. The number of aliphatic imine (C=N–C) groups is 1. The number of carbonyl (C=O) groups excluding carboxylic acids is 3. The molecule has 1 fully saturated rings. The van der Waals surface area contributed by atoms with Gasteiger partial charge in [0.05, 0.1) is 18.3 Å². The summed E-state index contributed by atoms with van der Waals surface area (Å²) in [5, 5.41) is 0.250. The average molecular weight is 335 g/mol. The van der Waals surface area contributed by atoms with Crippen LogP contribution in [0.1, 0.15) is 10.5 Å². The number of esters is 1. The Morgan fingerprint density at radius 1 is 1.61 bits per heavy atom. The van der Waals surface area contributed by atoms with Gasteiger partial charge in [-0.05, 0) is 11.8 Å². The van der Waals surface area contributed by atoms with Crippen LogP contribution in [0.3, 0.4) is 0 Å². The lowest BCUT2D eigenvalue weighted by atomic mass is 10.4. The standard InChI is InChI=1S/C13H13N5O4S/c1-3-4-18-12(21)7(5-8(19)22-2)23-13(18)17-11-9(10(14)20)15-6-16-11/h3,5-6H,1,4H2,2H3,(H2,14,20)(H,15,16)/b7-5+,17-13-. The molecule has 0 radical (unpaired) electrons. The van der Waals surface area contributed by atoms with Crippen LogP contribution in [0.2, 0.25) is 0 Å². The van der Waals surface area contributed by atoms with Crippen molar-refractivity contribution in [2.24, 2.45) is 10.7 Å². The number of hydrogen-bond acceptors (Lipinski definition) is 7. The van der Waals surface area contributed by atoms with E-state index in [0.29, 0.717) is 0 Å². The SMILES string of the molecule is C=CCN1C(=O)/C(=C\C(=O)OC)S/C1=N\c1nc[nH]c1C(N)=O. The maximum absolute atomic E-state index is 12.3. The van der Waals surface area contributed by atoms with Crippen molar-refractivity contribution in [1.82, 2.24) is 14.9 Å². The zero-order valence-electron chi connectivity index (χ0n) is 12.1. The number of thioether (sulfide) groups is 1. The first-order valence-corrected chi connectivity index (χ1v) is 7.11. The number of rotatable bonds is 5. The molecule has 0 aliphatic carbocycles. The first-order valence-electron chi connectivity index (χ1n) is 6.30. The second-order valence-corrected chi connectivity index (χ2v) is 5.21. The van der Waals surface area contributed by atoms with E-state index in [-0.39, 0.29) is 28.1 Å². The minimum atomic E-state index is -0.725. The van der Waals surface area contributed by atoms with E-state index in [4.69, 9.17) is 5.73 Å². The first-order chi connectivity index (χ1) is 11.0. The topological polar surface area (TPSA) is 131 Å². The first kappa shape index (κ1) is 16.5. The molecule has 0 spiro atoms. The molecule has 3 N–H and O–H groups in total. The van der Waals surface area contributed by atoms with Crippen molar-refractivity contribution in [3.63, 3.8) is 0 Å². The number of imidazole rings is 1. The van der Waals surface area contributed by atoms with Crippen LogP contribution in [0.25, 0.3) is 0 Å². The number of nitrogens with two attached hydrogens (primary N) is 1. The van der Waals surface area contributed by atoms with Gasteiger partial charge in [0.2, 0.25) is 0 Å². The summed E-state index contributed by atoms with van der Waals surface area (Å²) < 4.78 is 4.51. The molecule has 2 amide bonds. The van der Waals surface area contributed by atoms with Gasteiger partial charge in [-0.3, -0.25) is 14.5 Å². The summed E-state index contributed by atoms with van der Waals surface area (Å²) in [7, 11) is 1.21. The zero-order valence-corrected chi connectivity index (χ0v) is 12.9. The highest BCUT2D eigenvalue weighted by Gasteiger charge is 2.33. The molecule has 1 aromatic rings. The maximum Gasteiger partial charge on any atom is 0.331 e. The normalized spacial score (nSPS) is 17.8. The van der Waals surface area contributed by atoms with Crippen molar-refractivity contribution in [1.29, 1.82) is 0 Å². The van der Waals surface area contributed by atoms with Crippen LogP contribution in [-0.2, 0) is 14.3 Å². The van der Waals surface area contributed by atoms with Gasteiger partial charge in [-0.2, -0.15) is 0 Å². The van der Waals surface area contributed by atoms with E-state index in [1.165, 1.54) is 24.4 Å². The van der Waals surface area contributed by atoms with Crippen LogP contribution in [0.4, 0.5) is 5.82 Å². The predicted molar refractivity (Wildman–Crippen MR) is 83.8 cm³/mol. The number of nitrogens with zero attached hydrogens (tertiary/aromatic N) is 3. The Bertz CT molecular complexity index is 736. The third kappa shape index (κ3) is 3.48. The average Bonchev–Trinajstić information content (AvgIpc) is 3.08. The van der Waals surface area contributed by atoms with Crippen molar-refractivity contribution < 1.29 is 19.1 Å². The molecule has 0 saturated carbocycles. The third-order valence-corrected chi connectivity index (χ3v) is 3.72. The van der Waals surface area contributed by atoms with Gasteiger partial charge in [0.1, 0.15) is 0 Å². The molecule has 0 aromatic carbocycles. The Kier molecular flexibility index (Phi) is 4.96. The molecular weight excluding hydrogens is 322 g/mol. The van der Waals surface area contributed by atoms with Gasteiger partial charge in [-0.1, -0.05) is 6.08 Å². The van der Waals surface area contributed by atoms with Crippen LogP contribution in [0.15, 0.2) is 35.0 Å². The Morgan fingerprint density at radius 2 is 2.35 bits per heavy atom. The van der Waals surface area contributed by atoms with Gasteiger partial charge < -0.3 is 15.5 Å². The fraction of sp³-hybridized carbons (Fsp3) is 0.154. The summed E-state index contributed by atoms with van der Waals surface area (Å²) >= 11 is 0.962. The van der Waals surface area contributed by atoms with Gasteiger partial charge in [0.15, 0.2) is 16.7 Å². The second-order valence-electron chi connectivity index (χ2n) is 4.20. The Labute approximate surface area is 135 Å². The zero-order chi connectivity index (χ0) is 17.0. The van der Waals surface area contributed by atoms with Crippen LogP contribution < -0.4 is 5.73 Å². The molecule has 0 bridgehead atoms. The van der Waals surface area contributed by atoms with Gasteiger partial charge in [0, 0.05) is 12.6 Å². The van der Waals surface area contributed by atoms with Crippen LogP contribution >= 0.6 is 11.8 Å². The van der Waals surface area contributed by atoms with E-state index in [1.54, 1.807) is 0 Å². The van der Waals surface area contributed by atoms with Crippen molar-refractivity contribution in [2.75, 3.05) is 13.7 Å². The molecule has 1 aliphatic rings. The summed E-state index contributed by atoms with van der Waals surface area (Å²) in [5.41, 5.74) is 5.23.